The number of hydrogen-bond donors (Lipinski definition) is 2. The fourth-order valence-electron chi connectivity index (χ4n) is 1.97. The van der Waals surface area contributed by atoms with Crippen molar-refractivity contribution < 1.29 is 4.39 Å². The first-order chi connectivity index (χ1) is 9.15. The van der Waals surface area contributed by atoms with Gasteiger partial charge in [-0.3, -0.25) is 14.3 Å². The summed E-state index contributed by atoms with van der Waals surface area (Å²) in [6.07, 6.45) is 1.22. The highest BCUT2D eigenvalue weighted by Gasteiger charge is 2.11. The quantitative estimate of drug-likeness (QED) is 0.707. The van der Waals surface area contributed by atoms with E-state index in [1.807, 2.05) is 0 Å². The van der Waals surface area contributed by atoms with E-state index in [2.05, 4.69) is 15.0 Å². The molecule has 0 fully saturated rings. The Morgan fingerprint density at radius 1 is 1.32 bits per heavy atom. The molecule has 2 N–H and O–H groups in total. The van der Waals surface area contributed by atoms with Crippen molar-refractivity contribution in [2.75, 3.05) is 0 Å². The Labute approximate surface area is 105 Å². The minimum atomic E-state index is -0.455. The first kappa shape index (κ1) is 11.4. The number of benzene rings is 1. The third kappa shape index (κ3) is 1.95. The van der Waals surface area contributed by atoms with Gasteiger partial charge in [0.1, 0.15) is 5.82 Å². The maximum Gasteiger partial charge on any atom is 0.328 e. The number of nitrogens with zero attached hydrogens (tertiary/aromatic N) is 2. The molecule has 0 aliphatic carbocycles. The van der Waals surface area contributed by atoms with E-state index in [1.54, 1.807) is 12.1 Å². The number of nitrogens with one attached hydrogen (secondary N) is 2. The Bertz CT molecular complexity index is 862. The van der Waals surface area contributed by atoms with Crippen LogP contribution in [0.2, 0.25) is 0 Å². The number of imidazole rings is 1. The van der Waals surface area contributed by atoms with Gasteiger partial charge < -0.3 is 4.98 Å². The number of aromatic nitrogens is 4. The monoisotopic (exact) mass is 260 g/mol. The molecule has 1 aromatic carbocycles. The minimum Gasteiger partial charge on any atom is -0.311 e. The molecule has 0 radical (unpaired) electrons. The molecule has 0 aliphatic heterocycles. The van der Waals surface area contributed by atoms with E-state index in [-0.39, 0.29) is 17.7 Å². The zero-order valence-electron chi connectivity index (χ0n) is 9.68. The van der Waals surface area contributed by atoms with E-state index >= 15 is 0 Å². The number of H-pyrrole nitrogens is 2. The summed E-state index contributed by atoms with van der Waals surface area (Å²) in [6, 6.07) is 5.86. The molecule has 19 heavy (non-hydrogen) atoms. The molecule has 0 aliphatic rings. The van der Waals surface area contributed by atoms with Gasteiger partial charge in [0.2, 0.25) is 0 Å². The van der Waals surface area contributed by atoms with Crippen LogP contribution in [0.3, 0.4) is 0 Å². The highest BCUT2D eigenvalue weighted by molar-refractivity contribution is 5.68. The van der Waals surface area contributed by atoms with Crippen molar-refractivity contribution in [3.63, 3.8) is 0 Å². The Kier molecular flexibility index (Phi) is 2.52. The fourth-order valence-corrected chi connectivity index (χ4v) is 1.97. The highest BCUT2D eigenvalue weighted by atomic mass is 19.1. The van der Waals surface area contributed by atoms with Gasteiger partial charge in [0.25, 0.3) is 5.56 Å². The molecular formula is C12H9FN4O2. The molecule has 0 saturated carbocycles. The van der Waals surface area contributed by atoms with E-state index in [0.29, 0.717) is 5.56 Å². The predicted octanol–water partition coefficient (Wildman–Crippen LogP) is 0.600. The molecule has 6 nitrogen and oxygen atoms in total. The van der Waals surface area contributed by atoms with Gasteiger partial charge in [0, 0.05) is 0 Å². The van der Waals surface area contributed by atoms with Crippen molar-refractivity contribution in [1.29, 1.82) is 0 Å². The zero-order chi connectivity index (χ0) is 13.4. The fraction of sp³-hybridized carbons (Fsp3) is 0.0833. The van der Waals surface area contributed by atoms with Crippen LogP contribution < -0.4 is 11.2 Å². The van der Waals surface area contributed by atoms with Gasteiger partial charge in [-0.1, -0.05) is 12.1 Å². The summed E-state index contributed by atoms with van der Waals surface area (Å²) >= 11 is 0. The summed E-state index contributed by atoms with van der Waals surface area (Å²) in [5.41, 5.74) is 0.0800. The summed E-state index contributed by atoms with van der Waals surface area (Å²) < 4.78 is 14.3. The number of hydrogen-bond acceptors (Lipinski definition) is 3. The average Bonchev–Trinajstić information content (AvgIpc) is 2.67. The average molecular weight is 260 g/mol. The number of rotatable bonds is 2. The van der Waals surface area contributed by atoms with Crippen LogP contribution in [0.1, 0.15) is 5.56 Å². The largest absolute Gasteiger partial charge is 0.328 e. The molecule has 0 atom stereocenters. The van der Waals surface area contributed by atoms with E-state index in [0.717, 1.165) is 0 Å². The van der Waals surface area contributed by atoms with Crippen LogP contribution in [-0.4, -0.2) is 19.5 Å². The maximum absolute atomic E-state index is 13.1. The van der Waals surface area contributed by atoms with Crippen LogP contribution in [0.25, 0.3) is 11.2 Å². The highest BCUT2D eigenvalue weighted by Crippen LogP contribution is 2.07. The molecule has 7 heteroatoms. The smallest absolute Gasteiger partial charge is 0.311 e. The van der Waals surface area contributed by atoms with Crippen LogP contribution >= 0.6 is 0 Å². The molecule has 2 heterocycles. The lowest BCUT2D eigenvalue weighted by Gasteiger charge is -2.02. The predicted molar refractivity (Wildman–Crippen MR) is 66.5 cm³/mol. The second-order valence-corrected chi connectivity index (χ2v) is 4.08. The SMILES string of the molecule is O=c1[nH]cnc2[nH]c(=O)n(Cc3cccc(F)c3)c12. The van der Waals surface area contributed by atoms with Crippen molar-refractivity contribution in [3.8, 4) is 0 Å². The second-order valence-electron chi connectivity index (χ2n) is 4.08. The topological polar surface area (TPSA) is 83.5 Å². The van der Waals surface area contributed by atoms with Crippen molar-refractivity contribution in [2.24, 2.45) is 0 Å². The van der Waals surface area contributed by atoms with Crippen LogP contribution in [0.15, 0.2) is 40.2 Å². The second kappa shape index (κ2) is 4.20. The lowest BCUT2D eigenvalue weighted by molar-refractivity contribution is 0.623. The van der Waals surface area contributed by atoms with Crippen molar-refractivity contribution in [1.82, 2.24) is 19.5 Å². The minimum absolute atomic E-state index is 0.103. The molecule has 3 rings (SSSR count). The van der Waals surface area contributed by atoms with Gasteiger partial charge in [-0.25, -0.2) is 14.2 Å². The molecular weight excluding hydrogens is 251 g/mol. The number of halogens is 1. The number of aromatic amines is 2. The van der Waals surface area contributed by atoms with E-state index < -0.39 is 17.1 Å². The van der Waals surface area contributed by atoms with Gasteiger partial charge in [-0.15, -0.1) is 0 Å². The van der Waals surface area contributed by atoms with Crippen LogP contribution in [0.4, 0.5) is 4.39 Å². The summed E-state index contributed by atoms with van der Waals surface area (Å²) in [6.45, 7) is 0.103. The Morgan fingerprint density at radius 2 is 2.16 bits per heavy atom. The van der Waals surface area contributed by atoms with E-state index in [9.17, 15) is 14.0 Å². The third-order valence-electron chi connectivity index (χ3n) is 2.80. The van der Waals surface area contributed by atoms with Crippen molar-refractivity contribution >= 4 is 11.2 Å². The van der Waals surface area contributed by atoms with Crippen LogP contribution in [-0.2, 0) is 6.54 Å². The molecule has 0 saturated heterocycles. The molecule has 0 unspecified atom stereocenters. The summed E-state index contributed by atoms with van der Waals surface area (Å²) in [4.78, 5) is 32.3. The lowest BCUT2D eigenvalue weighted by atomic mass is 10.2. The number of fused-ring (bicyclic) bond motifs is 1. The van der Waals surface area contributed by atoms with Crippen molar-refractivity contribution in [3.05, 3.63) is 62.8 Å². The Morgan fingerprint density at radius 3 is 2.95 bits per heavy atom. The Balaban J connectivity index is 2.18. The zero-order valence-corrected chi connectivity index (χ0v) is 9.68. The molecule has 96 valence electrons. The van der Waals surface area contributed by atoms with Gasteiger partial charge in [-0.2, -0.15) is 0 Å². The lowest BCUT2D eigenvalue weighted by Crippen LogP contribution is -2.20. The van der Waals surface area contributed by atoms with E-state index in [4.69, 9.17) is 0 Å². The molecule has 0 spiro atoms. The van der Waals surface area contributed by atoms with Crippen LogP contribution in [0.5, 0.6) is 0 Å². The van der Waals surface area contributed by atoms with Gasteiger partial charge in [0.05, 0.1) is 12.9 Å². The first-order valence-corrected chi connectivity index (χ1v) is 5.56. The Hall–Kier alpha value is -2.70. The van der Waals surface area contributed by atoms with Gasteiger partial charge in [-0.05, 0) is 17.7 Å². The van der Waals surface area contributed by atoms with Crippen molar-refractivity contribution in [2.45, 2.75) is 6.54 Å². The standard InChI is InChI=1S/C12H9FN4O2/c13-8-3-1-2-7(4-8)5-17-9-10(16-12(17)19)14-6-15-11(9)18/h1-4,6H,5H2,(H2,14,15,16,18,19). The molecule has 2 aromatic heterocycles. The summed E-state index contributed by atoms with van der Waals surface area (Å²) in [5, 5.41) is 0. The normalized spacial score (nSPS) is 11.0. The maximum atomic E-state index is 13.1. The van der Waals surface area contributed by atoms with Gasteiger partial charge >= 0.3 is 5.69 Å². The summed E-state index contributed by atoms with van der Waals surface area (Å²) in [7, 11) is 0. The molecule has 3 aromatic rings. The summed E-state index contributed by atoms with van der Waals surface area (Å²) in [5.74, 6) is -0.391. The molecule has 0 amide bonds. The van der Waals surface area contributed by atoms with Gasteiger partial charge in [0.15, 0.2) is 11.2 Å². The first-order valence-electron chi connectivity index (χ1n) is 5.56. The van der Waals surface area contributed by atoms with E-state index in [1.165, 1.54) is 23.0 Å². The molecule has 0 bridgehead atoms. The third-order valence-corrected chi connectivity index (χ3v) is 2.80. The van der Waals surface area contributed by atoms with Crippen LogP contribution in [0, 0.1) is 5.82 Å².